The summed E-state index contributed by atoms with van der Waals surface area (Å²) in [5, 5.41) is 0.709. The van der Waals surface area contributed by atoms with Crippen LogP contribution in [-0.2, 0) is 14.3 Å². The molecule has 5 nitrogen and oxygen atoms in total. The molecule has 2 aromatic rings. The maximum atomic E-state index is 13.1. The summed E-state index contributed by atoms with van der Waals surface area (Å²) in [7, 11) is 0. The highest BCUT2D eigenvalue weighted by molar-refractivity contribution is 5.89. The average molecular weight is 251 g/mol. The van der Waals surface area contributed by atoms with Gasteiger partial charge in [-0.15, -0.1) is 0 Å². The lowest BCUT2D eigenvalue weighted by Gasteiger charge is -2.06. The zero-order chi connectivity index (χ0) is 13.1. The van der Waals surface area contributed by atoms with Crippen LogP contribution < -0.4 is 0 Å². The third-order valence-corrected chi connectivity index (χ3v) is 2.30. The maximum Gasteiger partial charge on any atom is 0.421 e. The number of hydrogen-bond donors (Lipinski definition) is 0. The molecule has 2 rings (SSSR count). The number of esters is 1. The van der Waals surface area contributed by atoms with Crippen molar-refractivity contribution < 1.29 is 23.5 Å². The van der Waals surface area contributed by atoms with E-state index in [0.29, 0.717) is 10.9 Å². The Hall–Kier alpha value is -2.37. The minimum absolute atomic E-state index is 0.392. The third-order valence-electron chi connectivity index (χ3n) is 2.30. The molecule has 0 N–H and O–H groups in total. The van der Waals surface area contributed by atoms with Crippen molar-refractivity contribution in [2.45, 2.75) is 6.92 Å². The number of rotatable bonds is 2. The second-order valence-electron chi connectivity index (χ2n) is 3.55. The number of carbonyl (C=O) groups is 2. The number of benzene rings is 1. The van der Waals surface area contributed by atoms with Crippen molar-refractivity contribution >= 4 is 23.0 Å². The van der Waals surface area contributed by atoms with E-state index in [9.17, 15) is 14.0 Å². The van der Waals surface area contributed by atoms with Crippen LogP contribution in [0, 0.1) is 5.82 Å². The lowest BCUT2D eigenvalue weighted by atomic mass is 10.2. The van der Waals surface area contributed by atoms with Crippen molar-refractivity contribution in [3.63, 3.8) is 0 Å². The first-order valence-electron chi connectivity index (χ1n) is 5.15. The molecule has 0 aliphatic carbocycles. The van der Waals surface area contributed by atoms with E-state index in [4.69, 9.17) is 4.74 Å². The number of nitrogens with zero attached hydrogens (tertiary/aromatic N) is 1. The second-order valence-corrected chi connectivity index (χ2v) is 3.55. The highest BCUT2D eigenvalue weighted by Crippen LogP contribution is 2.17. The molecule has 0 amide bonds. The van der Waals surface area contributed by atoms with Crippen LogP contribution in [0.3, 0.4) is 0 Å². The van der Waals surface area contributed by atoms with Gasteiger partial charge in [0.25, 0.3) is 0 Å². The fourth-order valence-corrected chi connectivity index (χ4v) is 1.49. The van der Waals surface area contributed by atoms with Crippen LogP contribution in [0.25, 0.3) is 10.9 Å². The molecule has 0 atom stereocenters. The highest BCUT2D eigenvalue weighted by Gasteiger charge is 2.11. The number of aromatic nitrogens is 1. The van der Waals surface area contributed by atoms with Crippen LogP contribution in [0.1, 0.15) is 6.92 Å². The summed E-state index contributed by atoms with van der Waals surface area (Å²) in [6.07, 6.45) is 0.720. The fourth-order valence-electron chi connectivity index (χ4n) is 1.49. The summed E-state index contributed by atoms with van der Waals surface area (Å²) in [6.45, 7) is 0.734. The first-order valence-corrected chi connectivity index (χ1v) is 5.15. The zero-order valence-electron chi connectivity index (χ0n) is 9.55. The van der Waals surface area contributed by atoms with E-state index in [1.807, 2.05) is 0 Å². The molecule has 0 fully saturated rings. The van der Waals surface area contributed by atoms with Crippen molar-refractivity contribution in [3.05, 3.63) is 36.3 Å². The van der Waals surface area contributed by atoms with Crippen molar-refractivity contribution in [1.82, 2.24) is 4.57 Å². The van der Waals surface area contributed by atoms with Crippen molar-refractivity contribution in [2.75, 3.05) is 6.79 Å². The maximum absolute atomic E-state index is 13.1. The van der Waals surface area contributed by atoms with Gasteiger partial charge in [0.15, 0.2) is 0 Å². The highest BCUT2D eigenvalue weighted by atomic mass is 19.1. The molecular weight excluding hydrogens is 241 g/mol. The SMILES string of the molecule is CC(=O)OCOC(=O)n1ccc2ccc(F)cc21. The minimum Gasteiger partial charge on any atom is -0.428 e. The first-order chi connectivity index (χ1) is 8.58. The van der Waals surface area contributed by atoms with Crippen LogP contribution in [0.5, 0.6) is 0 Å². The van der Waals surface area contributed by atoms with E-state index >= 15 is 0 Å². The summed E-state index contributed by atoms with van der Waals surface area (Å²) >= 11 is 0. The minimum atomic E-state index is -0.739. The quantitative estimate of drug-likeness (QED) is 0.607. The van der Waals surface area contributed by atoms with Gasteiger partial charge < -0.3 is 9.47 Å². The number of hydrogen-bond acceptors (Lipinski definition) is 4. The van der Waals surface area contributed by atoms with E-state index in [1.165, 1.54) is 25.3 Å². The summed E-state index contributed by atoms with van der Waals surface area (Å²) in [5.74, 6) is -0.999. The predicted octanol–water partition coefficient (Wildman–Crippen LogP) is 2.29. The Morgan fingerprint density at radius 1 is 1.28 bits per heavy atom. The van der Waals surface area contributed by atoms with Crippen LogP contribution >= 0.6 is 0 Å². The van der Waals surface area contributed by atoms with E-state index in [0.717, 1.165) is 4.57 Å². The van der Waals surface area contributed by atoms with E-state index in [2.05, 4.69) is 4.74 Å². The van der Waals surface area contributed by atoms with Gasteiger partial charge in [0, 0.05) is 18.5 Å². The van der Waals surface area contributed by atoms with Gasteiger partial charge >= 0.3 is 12.1 Å². The Morgan fingerprint density at radius 2 is 2.06 bits per heavy atom. The van der Waals surface area contributed by atoms with Gasteiger partial charge in [-0.25, -0.2) is 9.18 Å². The smallest absolute Gasteiger partial charge is 0.421 e. The Kier molecular flexibility index (Phi) is 3.27. The Labute approximate surface area is 102 Å². The van der Waals surface area contributed by atoms with Crippen LogP contribution in [0.15, 0.2) is 30.5 Å². The standard InChI is InChI=1S/C12H10FNO4/c1-8(15)17-7-18-12(16)14-5-4-9-2-3-10(13)6-11(9)14/h2-6H,7H2,1H3. The molecule has 0 saturated carbocycles. The van der Waals surface area contributed by atoms with Crippen LogP contribution in [0.2, 0.25) is 0 Å². The molecule has 0 saturated heterocycles. The van der Waals surface area contributed by atoms with Gasteiger partial charge in [-0.3, -0.25) is 9.36 Å². The van der Waals surface area contributed by atoms with Crippen LogP contribution in [-0.4, -0.2) is 23.4 Å². The van der Waals surface area contributed by atoms with Crippen molar-refractivity contribution in [1.29, 1.82) is 0 Å². The van der Waals surface area contributed by atoms with Crippen molar-refractivity contribution in [3.8, 4) is 0 Å². The van der Waals surface area contributed by atoms with Gasteiger partial charge in [0.2, 0.25) is 6.79 Å². The topological polar surface area (TPSA) is 57.5 Å². The van der Waals surface area contributed by atoms with Crippen LogP contribution in [0.4, 0.5) is 9.18 Å². The van der Waals surface area contributed by atoms with E-state index in [1.54, 1.807) is 12.1 Å². The Morgan fingerprint density at radius 3 is 2.78 bits per heavy atom. The summed E-state index contributed by atoms with van der Waals surface area (Å²) < 4.78 is 23.4. The molecular formula is C12H10FNO4. The zero-order valence-corrected chi connectivity index (χ0v) is 9.55. The molecule has 18 heavy (non-hydrogen) atoms. The third kappa shape index (κ3) is 2.48. The molecule has 0 bridgehead atoms. The molecule has 1 aromatic carbocycles. The molecule has 0 unspecified atom stereocenters. The second kappa shape index (κ2) is 4.87. The predicted molar refractivity (Wildman–Crippen MR) is 60.4 cm³/mol. The van der Waals surface area contributed by atoms with Gasteiger partial charge in [-0.05, 0) is 24.3 Å². The molecule has 1 aromatic heterocycles. The normalized spacial score (nSPS) is 10.3. The monoisotopic (exact) mass is 251 g/mol. The molecule has 0 aliphatic rings. The Balaban J connectivity index is 2.17. The first kappa shape index (κ1) is 12.1. The van der Waals surface area contributed by atoms with Gasteiger partial charge in [0.1, 0.15) is 5.82 Å². The molecule has 0 radical (unpaired) electrons. The summed E-state index contributed by atoms with van der Waals surface area (Å²) in [6, 6.07) is 5.74. The molecule has 94 valence electrons. The molecule has 1 heterocycles. The van der Waals surface area contributed by atoms with Gasteiger partial charge in [-0.1, -0.05) is 0 Å². The molecule has 0 aliphatic heterocycles. The number of carbonyl (C=O) groups excluding carboxylic acids is 2. The number of ether oxygens (including phenoxy) is 2. The van der Waals surface area contributed by atoms with Crippen molar-refractivity contribution in [2.24, 2.45) is 0 Å². The van der Waals surface area contributed by atoms with Gasteiger partial charge in [0.05, 0.1) is 5.52 Å². The molecule has 0 spiro atoms. The average Bonchev–Trinajstić information content (AvgIpc) is 2.71. The summed E-state index contributed by atoms with van der Waals surface area (Å²) in [4.78, 5) is 22.1. The lowest BCUT2D eigenvalue weighted by molar-refractivity contribution is -0.149. The Bertz CT molecular complexity index is 605. The molecule has 6 heteroatoms. The lowest BCUT2D eigenvalue weighted by Crippen LogP contribution is -2.15. The number of halogens is 1. The van der Waals surface area contributed by atoms with E-state index in [-0.39, 0.29) is 0 Å². The fraction of sp³-hybridized carbons (Fsp3) is 0.167. The van der Waals surface area contributed by atoms with Gasteiger partial charge in [-0.2, -0.15) is 0 Å². The summed E-state index contributed by atoms with van der Waals surface area (Å²) in [5.41, 5.74) is 0.392. The number of fused-ring (bicyclic) bond motifs is 1. The van der Waals surface area contributed by atoms with E-state index < -0.39 is 24.7 Å². The largest absolute Gasteiger partial charge is 0.428 e.